The summed E-state index contributed by atoms with van der Waals surface area (Å²) in [5.74, 6) is 1.39. The second kappa shape index (κ2) is 4.52. The summed E-state index contributed by atoms with van der Waals surface area (Å²) in [6.07, 6.45) is 1.90. The Hall–Kier alpha value is -2.56. The second-order valence-electron chi connectivity index (χ2n) is 4.85. The van der Waals surface area contributed by atoms with Crippen LogP contribution in [0.3, 0.4) is 0 Å². The molecule has 0 amide bonds. The molecular weight excluding hydrogens is 254 g/mol. The van der Waals surface area contributed by atoms with E-state index in [1.165, 1.54) is 0 Å². The van der Waals surface area contributed by atoms with Crippen LogP contribution in [0.4, 0.5) is 0 Å². The molecule has 0 spiro atoms. The van der Waals surface area contributed by atoms with Crippen molar-refractivity contribution >= 4 is 5.52 Å². The number of H-pyrrole nitrogens is 1. The normalized spacial score (nSPS) is 10.9. The van der Waals surface area contributed by atoms with E-state index in [1.807, 2.05) is 44.3 Å². The first-order valence-electron chi connectivity index (χ1n) is 6.32. The number of aromatic amines is 1. The van der Waals surface area contributed by atoms with E-state index in [-0.39, 0.29) is 5.56 Å². The molecule has 3 rings (SSSR count). The van der Waals surface area contributed by atoms with Gasteiger partial charge >= 0.3 is 0 Å². The molecule has 1 N–H and O–H groups in total. The summed E-state index contributed by atoms with van der Waals surface area (Å²) < 4.78 is 7.21. The molecule has 0 aliphatic heterocycles. The van der Waals surface area contributed by atoms with Crippen molar-refractivity contribution in [1.29, 1.82) is 0 Å². The van der Waals surface area contributed by atoms with Gasteiger partial charge in [-0.3, -0.25) is 9.20 Å². The monoisotopic (exact) mass is 269 g/mol. The summed E-state index contributed by atoms with van der Waals surface area (Å²) in [6.45, 7) is 3.95. The Morgan fingerprint density at radius 2 is 2.00 bits per heavy atom. The predicted octanol–water partition coefficient (Wildman–Crippen LogP) is 2.32. The molecule has 0 saturated carbocycles. The second-order valence-corrected chi connectivity index (χ2v) is 4.85. The van der Waals surface area contributed by atoms with Crippen molar-refractivity contribution < 1.29 is 4.74 Å². The van der Waals surface area contributed by atoms with Crippen LogP contribution in [0, 0.1) is 13.8 Å². The molecule has 0 saturated heterocycles. The van der Waals surface area contributed by atoms with E-state index in [1.54, 1.807) is 11.5 Å². The highest BCUT2D eigenvalue weighted by Crippen LogP contribution is 2.29. The maximum Gasteiger partial charge on any atom is 0.288 e. The van der Waals surface area contributed by atoms with Gasteiger partial charge in [0.25, 0.3) is 5.56 Å². The molecule has 102 valence electrons. The molecule has 0 bridgehead atoms. The van der Waals surface area contributed by atoms with Crippen LogP contribution in [-0.2, 0) is 0 Å². The largest absolute Gasteiger partial charge is 0.496 e. The minimum atomic E-state index is -0.201. The van der Waals surface area contributed by atoms with Gasteiger partial charge in [-0.05, 0) is 43.2 Å². The Bertz CT molecular complexity index is 846. The molecule has 3 aromatic rings. The number of nitrogens with zero attached hydrogens (tertiary/aromatic N) is 2. The third kappa shape index (κ3) is 1.87. The molecule has 0 aliphatic carbocycles. The number of benzene rings is 1. The average molecular weight is 269 g/mol. The van der Waals surface area contributed by atoms with E-state index in [4.69, 9.17) is 4.74 Å². The topological polar surface area (TPSA) is 59.4 Å². The van der Waals surface area contributed by atoms with Gasteiger partial charge in [-0.15, -0.1) is 0 Å². The fraction of sp³-hybridized carbons (Fsp3) is 0.200. The van der Waals surface area contributed by atoms with Crippen molar-refractivity contribution in [3.8, 4) is 17.1 Å². The molecule has 2 heterocycles. The van der Waals surface area contributed by atoms with Crippen molar-refractivity contribution in [1.82, 2.24) is 14.6 Å². The fourth-order valence-electron chi connectivity index (χ4n) is 2.33. The van der Waals surface area contributed by atoms with Crippen LogP contribution in [0.2, 0.25) is 0 Å². The number of rotatable bonds is 2. The zero-order valence-corrected chi connectivity index (χ0v) is 11.6. The maximum atomic E-state index is 11.8. The van der Waals surface area contributed by atoms with Gasteiger partial charge in [0.1, 0.15) is 11.3 Å². The number of ether oxygens (including phenoxy) is 1. The lowest BCUT2D eigenvalue weighted by atomic mass is 10.1. The van der Waals surface area contributed by atoms with E-state index in [0.717, 1.165) is 22.4 Å². The Kier molecular flexibility index (Phi) is 2.82. The van der Waals surface area contributed by atoms with Crippen LogP contribution in [0.15, 0.2) is 35.3 Å². The molecule has 0 atom stereocenters. The first kappa shape index (κ1) is 12.5. The molecule has 1 aromatic carbocycles. The molecule has 2 aromatic heterocycles. The highest BCUT2D eigenvalue weighted by Gasteiger charge is 2.13. The number of hydrogen-bond acceptors (Lipinski definition) is 3. The number of aromatic nitrogens is 3. The lowest BCUT2D eigenvalue weighted by molar-refractivity contribution is 0.415. The standard InChI is InChI=1S/C15H15N3O2/c1-9-4-5-11(13(7-9)20-3)14-16-17-15(19)12-6-10(2)8-18(12)14/h4-8H,1-3H3,(H,17,19). The van der Waals surface area contributed by atoms with Gasteiger partial charge < -0.3 is 4.74 Å². The summed E-state index contributed by atoms with van der Waals surface area (Å²) in [7, 11) is 1.63. The highest BCUT2D eigenvalue weighted by molar-refractivity contribution is 5.68. The number of aryl methyl sites for hydroxylation is 2. The maximum absolute atomic E-state index is 11.8. The molecule has 5 heteroatoms. The molecule has 5 nitrogen and oxygen atoms in total. The minimum absolute atomic E-state index is 0.201. The minimum Gasteiger partial charge on any atom is -0.496 e. The van der Waals surface area contributed by atoms with Gasteiger partial charge in [0.05, 0.1) is 12.7 Å². The van der Waals surface area contributed by atoms with E-state index >= 15 is 0 Å². The van der Waals surface area contributed by atoms with E-state index in [2.05, 4.69) is 10.2 Å². The van der Waals surface area contributed by atoms with Crippen LogP contribution in [-0.4, -0.2) is 21.7 Å². The van der Waals surface area contributed by atoms with Crippen LogP contribution < -0.4 is 10.3 Å². The van der Waals surface area contributed by atoms with Gasteiger partial charge in [0.15, 0.2) is 5.82 Å². The molecule has 0 radical (unpaired) electrons. The quantitative estimate of drug-likeness (QED) is 0.776. The summed E-state index contributed by atoms with van der Waals surface area (Å²) >= 11 is 0. The average Bonchev–Trinajstić information content (AvgIpc) is 2.82. The Morgan fingerprint density at radius 1 is 1.20 bits per heavy atom. The first-order chi connectivity index (χ1) is 9.60. The number of fused-ring (bicyclic) bond motifs is 1. The third-order valence-corrected chi connectivity index (χ3v) is 3.28. The SMILES string of the molecule is COc1cc(C)ccc1-c1n[nH]c(=O)c2cc(C)cn12. The van der Waals surface area contributed by atoms with Gasteiger partial charge in [-0.25, -0.2) is 5.10 Å². The first-order valence-corrected chi connectivity index (χ1v) is 6.32. The van der Waals surface area contributed by atoms with Crippen LogP contribution in [0.25, 0.3) is 16.9 Å². The highest BCUT2D eigenvalue weighted by atomic mass is 16.5. The molecule has 20 heavy (non-hydrogen) atoms. The van der Waals surface area contributed by atoms with Gasteiger partial charge in [0.2, 0.25) is 0 Å². The van der Waals surface area contributed by atoms with E-state index in [0.29, 0.717) is 11.3 Å². The smallest absolute Gasteiger partial charge is 0.288 e. The van der Waals surface area contributed by atoms with Crippen molar-refractivity contribution in [3.05, 3.63) is 51.9 Å². The van der Waals surface area contributed by atoms with Crippen LogP contribution in [0.5, 0.6) is 5.75 Å². The lowest BCUT2D eigenvalue weighted by Crippen LogP contribution is -2.13. The Morgan fingerprint density at radius 3 is 2.75 bits per heavy atom. The zero-order chi connectivity index (χ0) is 14.3. The van der Waals surface area contributed by atoms with Crippen molar-refractivity contribution in [2.75, 3.05) is 7.11 Å². The summed E-state index contributed by atoms with van der Waals surface area (Å²) in [5.41, 5.74) is 3.34. The van der Waals surface area contributed by atoms with Gasteiger partial charge in [-0.2, -0.15) is 5.10 Å². The molecule has 0 aliphatic rings. The molecular formula is C15H15N3O2. The summed E-state index contributed by atoms with van der Waals surface area (Å²) in [4.78, 5) is 11.8. The summed E-state index contributed by atoms with van der Waals surface area (Å²) in [5, 5.41) is 6.71. The predicted molar refractivity (Wildman–Crippen MR) is 77.3 cm³/mol. The number of hydrogen-bond donors (Lipinski definition) is 1. The van der Waals surface area contributed by atoms with Crippen LogP contribution in [0.1, 0.15) is 11.1 Å². The van der Waals surface area contributed by atoms with Crippen LogP contribution >= 0.6 is 0 Å². The van der Waals surface area contributed by atoms with Gasteiger partial charge in [-0.1, -0.05) is 6.07 Å². The lowest BCUT2D eigenvalue weighted by Gasteiger charge is -2.10. The number of methoxy groups -OCH3 is 1. The van der Waals surface area contributed by atoms with E-state index in [9.17, 15) is 4.79 Å². The fourth-order valence-corrected chi connectivity index (χ4v) is 2.33. The number of nitrogens with one attached hydrogen (secondary N) is 1. The van der Waals surface area contributed by atoms with E-state index < -0.39 is 0 Å². The summed E-state index contributed by atoms with van der Waals surface area (Å²) in [6, 6.07) is 7.73. The molecule has 0 fully saturated rings. The third-order valence-electron chi connectivity index (χ3n) is 3.28. The molecule has 0 unspecified atom stereocenters. The van der Waals surface area contributed by atoms with Gasteiger partial charge in [0, 0.05) is 6.20 Å². The van der Waals surface area contributed by atoms with Crippen molar-refractivity contribution in [2.24, 2.45) is 0 Å². The zero-order valence-electron chi connectivity index (χ0n) is 11.6. The Balaban J connectivity index is 2.35. The Labute approximate surface area is 115 Å². The van der Waals surface area contributed by atoms with Crippen molar-refractivity contribution in [3.63, 3.8) is 0 Å². The van der Waals surface area contributed by atoms with Crippen molar-refractivity contribution in [2.45, 2.75) is 13.8 Å².